The van der Waals surface area contributed by atoms with Crippen LogP contribution in [0.2, 0.25) is 0 Å². The maximum absolute atomic E-state index is 10.2. The van der Waals surface area contributed by atoms with Crippen molar-refractivity contribution in [1.29, 1.82) is 0 Å². The van der Waals surface area contributed by atoms with E-state index in [0.29, 0.717) is 0 Å². The van der Waals surface area contributed by atoms with Crippen molar-refractivity contribution in [3.05, 3.63) is 46.2 Å². The van der Waals surface area contributed by atoms with E-state index < -0.39 is 10.3 Å². The Hall–Kier alpha value is -1.42. The molecule has 0 aromatic heterocycles. The van der Waals surface area contributed by atoms with E-state index >= 15 is 0 Å². The van der Waals surface area contributed by atoms with Crippen LogP contribution in [-0.2, 0) is 0 Å². The van der Waals surface area contributed by atoms with Crippen molar-refractivity contribution in [2.45, 2.75) is 19.9 Å². The molecular weight excluding hydrogens is 180 g/mol. The molecule has 0 spiro atoms. The predicted octanol–water partition coefficient (Wildman–Crippen LogP) is 1.63. The van der Waals surface area contributed by atoms with E-state index in [4.69, 9.17) is 5.73 Å². The topological polar surface area (TPSA) is 69.2 Å². The maximum atomic E-state index is 10.2. The van der Waals surface area contributed by atoms with E-state index in [2.05, 4.69) is 0 Å². The monoisotopic (exact) mass is 194 g/mol. The fourth-order valence-electron chi connectivity index (χ4n) is 1.33. The molecule has 2 unspecified atom stereocenters. The average molecular weight is 194 g/mol. The van der Waals surface area contributed by atoms with Crippen LogP contribution in [-0.4, -0.2) is 11.0 Å². The summed E-state index contributed by atoms with van der Waals surface area (Å²) in [5.74, 6) is 0. The first-order valence-corrected chi connectivity index (χ1v) is 4.40. The van der Waals surface area contributed by atoms with E-state index in [1.807, 2.05) is 32.1 Å². The standard InChI is InChI=1S/C10H14N2O2/c1-8-3-4-10(2,9(11)7-8)5-6-12(13)14/h3-7,9H,11H2,1-2H3. The summed E-state index contributed by atoms with van der Waals surface area (Å²) in [5.41, 5.74) is 6.52. The Morgan fingerprint density at radius 1 is 1.71 bits per heavy atom. The van der Waals surface area contributed by atoms with Gasteiger partial charge in [-0.3, -0.25) is 10.1 Å². The van der Waals surface area contributed by atoms with Gasteiger partial charge in [0.2, 0.25) is 6.20 Å². The minimum Gasteiger partial charge on any atom is -0.323 e. The molecule has 0 bridgehead atoms. The third-order valence-electron chi connectivity index (χ3n) is 2.42. The van der Waals surface area contributed by atoms with E-state index in [0.717, 1.165) is 11.8 Å². The van der Waals surface area contributed by atoms with Crippen molar-refractivity contribution < 1.29 is 4.92 Å². The molecule has 1 aliphatic carbocycles. The fourth-order valence-corrected chi connectivity index (χ4v) is 1.33. The molecule has 0 saturated carbocycles. The number of rotatable bonds is 2. The number of hydrogen-bond acceptors (Lipinski definition) is 3. The van der Waals surface area contributed by atoms with Gasteiger partial charge in [-0.05, 0) is 13.0 Å². The molecule has 2 N–H and O–H groups in total. The molecule has 76 valence electrons. The van der Waals surface area contributed by atoms with Gasteiger partial charge in [-0.15, -0.1) is 0 Å². The molecule has 4 nitrogen and oxygen atoms in total. The van der Waals surface area contributed by atoms with Crippen molar-refractivity contribution in [3.8, 4) is 0 Å². The van der Waals surface area contributed by atoms with Crippen molar-refractivity contribution >= 4 is 0 Å². The normalized spacial score (nSPS) is 31.9. The van der Waals surface area contributed by atoms with Crippen LogP contribution in [0, 0.1) is 15.5 Å². The Balaban J connectivity index is 2.87. The van der Waals surface area contributed by atoms with Gasteiger partial charge in [-0.1, -0.05) is 30.7 Å². The Kier molecular flexibility index (Phi) is 2.86. The van der Waals surface area contributed by atoms with Crippen molar-refractivity contribution in [2.75, 3.05) is 0 Å². The van der Waals surface area contributed by atoms with Gasteiger partial charge in [-0.2, -0.15) is 0 Å². The molecule has 0 aromatic rings. The average Bonchev–Trinajstić information content (AvgIpc) is 2.09. The second-order valence-corrected chi connectivity index (χ2v) is 3.74. The first kappa shape index (κ1) is 10.7. The second-order valence-electron chi connectivity index (χ2n) is 3.74. The number of nitrogens with zero attached hydrogens (tertiary/aromatic N) is 1. The summed E-state index contributed by atoms with van der Waals surface area (Å²) >= 11 is 0. The molecule has 0 radical (unpaired) electrons. The highest BCUT2D eigenvalue weighted by Crippen LogP contribution is 2.29. The molecule has 1 rings (SSSR count). The third kappa shape index (κ3) is 2.29. The van der Waals surface area contributed by atoms with Gasteiger partial charge >= 0.3 is 0 Å². The smallest absolute Gasteiger partial charge is 0.231 e. The van der Waals surface area contributed by atoms with Crippen LogP contribution in [0.25, 0.3) is 0 Å². The van der Waals surface area contributed by atoms with Gasteiger partial charge in [0.1, 0.15) is 0 Å². The van der Waals surface area contributed by atoms with Crippen LogP contribution in [0.5, 0.6) is 0 Å². The largest absolute Gasteiger partial charge is 0.323 e. The molecule has 2 atom stereocenters. The van der Waals surface area contributed by atoms with E-state index in [1.165, 1.54) is 6.08 Å². The van der Waals surface area contributed by atoms with Crippen LogP contribution in [0.4, 0.5) is 0 Å². The number of hydrogen-bond donors (Lipinski definition) is 1. The lowest BCUT2D eigenvalue weighted by molar-refractivity contribution is -0.403. The van der Waals surface area contributed by atoms with Gasteiger partial charge < -0.3 is 5.73 Å². The number of nitrogens with two attached hydrogens (primary N) is 1. The lowest BCUT2D eigenvalue weighted by Crippen LogP contribution is -2.36. The molecule has 0 amide bonds. The van der Waals surface area contributed by atoms with E-state index in [9.17, 15) is 10.1 Å². The molecular formula is C10H14N2O2. The Labute approximate surface area is 82.9 Å². The first-order chi connectivity index (χ1) is 6.44. The van der Waals surface area contributed by atoms with Gasteiger partial charge in [-0.25, -0.2) is 0 Å². The van der Waals surface area contributed by atoms with Gasteiger partial charge in [0.05, 0.1) is 4.92 Å². The summed E-state index contributed by atoms with van der Waals surface area (Å²) in [5, 5.41) is 10.2. The highest BCUT2D eigenvalue weighted by atomic mass is 16.6. The second kappa shape index (κ2) is 3.75. The van der Waals surface area contributed by atoms with Crippen LogP contribution in [0.15, 0.2) is 36.1 Å². The van der Waals surface area contributed by atoms with Crippen LogP contribution in [0.1, 0.15) is 13.8 Å². The van der Waals surface area contributed by atoms with Gasteiger partial charge in [0.25, 0.3) is 0 Å². The quantitative estimate of drug-likeness (QED) is 0.536. The van der Waals surface area contributed by atoms with Crippen LogP contribution in [0.3, 0.4) is 0 Å². The zero-order chi connectivity index (χ0) is 10.8. The third-order valence-corrected chi connectivity index (χ3v) is 2.42. The Bertz CT molecular complexity index is 331. The molecule has 0 saturated heterocycles. The summed E-state index contributed by atoms with van der Waals surface area (Å²) in [6.07, 6.45) is 8.20. The number of allylic oxidation sites excluding steroid dienone is 2. The number of nitro groups is 1. The summed E-state index contributed by atoms with van der Waals surface area (Å²) in [6.45, 7) is 3.82. The van der Waals surface area contributed by atoms with Crippen LogP contribution >= 0.6 is 0 Å². The molecule has 0 heterocycles. The Morgan fingerprint density at radius 3 is 2.86 bits per heavy atom. The molecule has 0 aromatic carbocycles. The van der Waals surface area contributed by atoms with Gasteiger partial charge in [0, 0.05) is 11.5 Å². The minimum atomic E-state index is -0.475. The summed E-state index contributed by atoms with van der Waals surface area (Å²) in [4.78, 5) is 9.72. The first-order valence-electron chi connectivity index (χ1n) is 4.40. The summed E-state index contributed by atoms with van der Waals surface area (Å²) in [6, 6.07) is -0.205. The van der Waals surface area contributed by atoms with Gasteiger partial charge in [0.15, 0.2) is 0 Å². The highest BCUT2D eigenvalue weighted by molar-refractivity contribution is 5.31. The summed E-state index contributed by atoms with van der Waals surface area (Å²) in [7, 11) is 0. The van der Waals surface area contributed by atoms with Crippen molar-refractivity contribution in [2.24, 2.45) is 11.1 Å². The SMILES string of the molecule is CC1=CC(N)C(C)(C=C[N+](=O)[O-])C=C1. The molecule has 1 aliphatic rings. The van der Waals surface area contributed by atoms with E-state index in [1.54, 1.807) is 0 Å². The lowest BCUT2D eigenvalue weighted by Gasteiger charge is -2.29. The predicted molar refractivity (Wildman–Crippen MR) is 55.1 cm³/mol. The van der Waals surface area contributed by atoms with Crippen molar-refractivity contribution in [1.82, 2.24) is 0 Å². The Morgan fingerprint density at radius 2 is 2.36 bits per heavy atom. The van der Waals surface area contributed by atoms with Crippen molar-refractivity contribution in [3.63, 3.8) is 0 Å². The fraction of sp³-hybridized carbons (Fsp3) is 0.400. The lowest BCUT2D eigenvalue weighted by atomic mass is 9.78. The molecule has 0 aliphatic heterocycles. The highest BCUT2D eigenvalue weighted by Gasteiger charge is 2.27. The minimum absolute atomic E-state index is 0.205. The zero-order valence-corrected chi connectivity index (χ0v) is 8.31. The maximum Gasteiger partial charge on any atom is 0.231 e. The van der Waals surface area contributed by atoms with E-state index in [-0.39, 0.29) is 6.04 Å². The molecule has 0 fully saturated rings. The summed E-state index contributed by atoms with van der Waals surface area (Å²) < 4.78 is 0. The molecule has 14 heavy (non-hydrogen) atoms. The van der Waals surface area contributed by atoms with Crippen LogP contribution < -0.4 is 5.73 Å². The molecule has 4 heteroatoms. The zero-order valence-electron chi connectivity index (χ0n) is 8.31.